The lowest BCUT2D eigenvalue weighted by Crippen LogP contribution is -2.20. The number of hydrogen-bond acceptors (Lipinski definition) is 0. The molecule has 0 bridgehead atoms. The van der Waals surface area contributed by atoms with Gasteiger partial charge in [-0.2, -0.15) is 0 Å². The van der Waals surface area contributed by atoms with E-state index < -0.39 is 0 Å². The van der Waals surface area contributed by atoms with Crippen LogP contribution in [-0.2, 0) is 0 Å². The van der Waals surface area contributed by atoms with Gasteiger partial charge in [0.15, 0.2) is 0 Å². The third-order valence-corrected chi connectivity index (χ3v) is 8.67. The highest BCUT2D eigenvalue weighted by Gasteiger charge is 2.22. The van der Waals surface area contributed by atoms with Crippen molar-refractivity contribution in [1.29, 1.82) is 0 Å². The van der Waals surface area contributed by atoms with Gasteiger partial charge in [0.1, 0.15) is 0 Å². The lowest BCUT2D eigenvalue weighted by atomic mass is 9.89. The summed E-state index contributed by atoms with van der Waals surface area (Å²) in [5, 5.41) is 0.547. The molecule has 0 aliphatic carbocycles. The van der Waals surface area contributed by atoms with Crippen LogP contribution in [0.4, 0.5) is 0 Å². The Kier molecular flexibility index (Phi) is 27.4. The zero-order valence-corrected chi connectivity index (χ0v) is 25.0. The van der Waals surface area contributed by atoms with Crippen molar-refractivity contribution in [2.24, 2.45) is 0 Å². The molecule has 0 amide bonds. The molecule has 1 unspecified atom stereocenters. The molecule has 0 aliphatic heterocycles. The van der Waals surface area contributed by atoms with E-state index in [0.29, 0.717) is 5.16 Å². The second-order valence-electron chi connectivity index (χ2n) is 11.4. The zero-order chi connectivity index (χ0) is 24.3. The summed E-state index contributed by atoms with van der Waals surface area (Å²) in [5.41, 5.74) is 0. The van der Waals surface area contributed by atoms with Crippen LogP contribution in [0.2, 0.25) is 0 Å². The van der Waals surface area contributed by atoms with Gasteiger partial charge in [0.05, 0.1) is 0 Å². The highest BCUT2D eigenvalue weighted by Crippen LogP contribution is 2.36. The molecule has 0 aromatic carbocycles. The molecule has 0 N–H and O–H groups in total. The van der Waals surface area contributed by atoms with Gasteiger partial charge in [-0.1, -0.05) is 181 Å². The predicted octanol–water partition coefficient (Wildman–Crippen LogP) is 12.6. The van der Waals surface area contributed by atoms with Gasteiger partial charge in [0, 0.05) is 0 Å². The molecule has 0 fully saturated rings. The van der Waals surface area contributed by atoms with Crippen LogP contribution in [0.15, 0.2) is 0 Å². The van der Waals surface area contributed by atoms with Gasteiger partial charge >= 0.3 is 0 Å². The fourth-order valence-electron chi connectivity index (χ4n) is 5.51. The first-order chi connectivity index (χ1) is 16.2. The van der Waals surface area contributed by atoms with E-state index in [0.717, 1.165) is 0 Å². The molecule has 0 aromatic rings. The Labute approximate surface area is 214 Å². The van der Waals surface area contributed by atoms with Gasteiger partial charge in [-0.15, -0.1) is 9.24 Å². The van der Waals surface area contributed by atoms with E-state index >= 15 is 0 Å². The highest BCUT2D eigenvalue weighted by molar-refractivity contribution is 7.19. The summed E-state index contributed by atoms with van der Waals surface area (Å²) in [6, 6.07) is 0. The molecule has 0 nitrogen and oxygen atoms in total. The Bertz CT molecular complexity index is 322. The first kappa shape index (κ1) is 33.4. The molecule has 0 aromatic heterocycles. The van der Waals surface area contributed by atoms with Crippen LogP contribution in [0.25, 0.3) is 0 Å². The van der Waals surface area contributed by atoms with Crippen LogP contribution in [0, 0.1) is 0 Å². The maximum absolute atomic E-state index is 3.32. The van der Waals surface area contributed by atoms with Crippen LogP contribution in [0.5, 0.6) is 0 Å². The summed E-state index contributed by atoms with van der Waals surface area (Å²) in [4.78, 5) is 0. The van der Waals surface area contributed by atoms with Gasteiger partial charge in [-0.05, 0) is 24.4 Å². The maximum Gasteiger partial charge on any atom is -0.0150 e. The lowest BCUT2D eigenvalue weighted by molar-refractivity contribution is 0.414. The van der Waals surface area contributed by atoms with E-state index in [-0.39, 0.29) is 0 Å². The third-order valence-electron chi connectivity index (χ3n) is 7.80. The molecule has 1 heteroatoms. The largest absolute Gasteiger partial charge is 0.131 e. The Morgan fingerprint density at radius 2 is 0.545 bits per heavy atom. The highest BCUT2D eigenvalue weighted by atomic mass is 31.0. The molecule has 0 aliphatic rings. The van der Waals surface area contributed by atoms with Gasteiger partial charge in [-0.25, -0.2) is 0 Å². The van der Waals surface area contributed by atoms with Crippen molar-refractivity contribution < 1.29 is 0 Å². The van der Waals surface area contributed by atoms with E-state index in [1.165, 1.54) is 180 Å². The van der Waals surface area contributed by atoms with Crippen molar-refractivity contribution in [2.45, 2.75) is 206 Å². The predicted molar refractivity (Wildman–Crippen MR) is 159 cm³/mol. The smallest absolute Gasteiger partial charge is 0.0150 e. The summed E-state index contributed by atoms with van der Waals surface area (Å²) in [6.45, 7) is 7.00. The normalized spacial score (nSPS) is 12.0. The average Bonchev–Trinajstić information content (AvgIpc) is 2.81. The quantitative estimate of drug-likeness (QED) is 0.0768. The Morgan fingerprint density at radius 1 is 0.303 bits per heavy atom. The Balaban J connectivity index is 3.56. The topological polar surface area (TPSA) is 0 Å². The second kappa shape index (κ2) is 27.0. The second-order valence-corrected chi connectivity index (χ2v) is 12.6. The standard InChI is InChI=1S/C32H67P/c1-4-7-9-11-13-15-17-19-21-23-25-27-30-32(33,29-6-3)31-28-26-24-22-20-18-16-14-12-10-8-5-2/h4-31,33H2,1-3H3. The summed E-state index contributed by atoms with van der Waals surface area (Å²) in [5.74, 6) is 0. The number of unbranched alkanes of at least 4 members (excludes halogenated alkanes) is 22. The minimum Gasteiger partial charge on any atom is -0.131 e. The third kappa shape index (κ3) is 25.3. The molecule has 0 radical (unpaired) electrons. The van der Waals surface area contributed by atoms with Gasteiger partial charge in [0.2, 0.25) is 0 Å². The van der Waals surface area contributed by atoms with Crippen LogP contribution in [0.3, 0.4) is 0 Å². The van der Waals surface area contributed by atoms with Crippen LogP contribution in [-0.4, -0.2) is 5.16 Å². The van der Waals surface area contributed by atoms with E-state index in [4.69, 9.17) is 0 Å². The van der Waals surface area contributed by atoms with E-state index in [1.54, 1.807) is 0 Å². The minimum atomic E-state index is 0.547. The summed E-state index contributed by atoms with van der Waals surface area (Å²) in [6.07, 6.45) is 40.7. The van der Waals surface area contributed by atoms with Crippen LogP contribution < -0.4 is 0 Å². The van der Waals surface area contributed by atoms with Crippen molar-refractivity contribution in [3.8, 4) is 0 Å². The summed E-state index contributed by atoms with van der Waals surface area (Å²) < 4.78 is 0. The summed E-state index contributed by atoms with van der Waals surface area (Å²) in [7, 11) is 3.32. The zero-order valence-electron chi connectivity index (χ0n) is 23.9. The first-order valence-electron chi connectivity index (χ1n) is 16.0. The molecule has 1 atom stereocenters. The Morgan fingerprint density at radius 3 is 0.788 bits per heavy atom. The molecular weight excluding hydrogens is 415 g/mol. The monoisotopic (exact) mass is 482 g/mol. The molecule has 0 rings (SSSR count). The fraction of sp³-hybridized carbons (Fsp3) is 1.00. The van der Waals surface area contributed by atoms with Crippen LogP contribution in [0.1, 0.15) is 201 Å². The van der Waals surface area contributed by atoms with Crippen molar-refractivity contribution in [3.05, 3.63) is 0 Å². The van der Waals surface area contributed by atoms with Gasteiger partial charge in [0.25, 0.3) is 0 Å². The van der Waals surface area contributed by atoms with Gasteiger partial charge < -0.3 is 0 Å². The van der Waals surface area contributed by atoms with Crippen molar-refractivity contribution in [1.82, 2.24) is 0 Å². The molecule has 0 saturated heterocycles. The molecule has 0 saturated carbocycles. The molecular formula is C32H67P. The van der Waals surface area contributed by atoms with Crippen molar-refractivity contribution >= 4 is 9.24 Å². The molecule has 0 heterocycles. The van der Waals surface area contributed by atoms with E-state index in [1.807, 2.05) is 0 Å². The number of hydrogen-bond donors (Lipinski definition) is 0. The maximum atomic E-state index is 3.32. The molecule has 33 heavy (non-hydrogen) atoms. The molecule has 0 spiro atoms. The van der Waals surface area contributed by atoms with Gasteiger partial charge in [-0.3, -0.25) is 0 Å². The minimum absolute atomic E-state index is 0.547. The van der Waals surface area contributed by atoms with E-state index in [9.17, 15) is 0 Å². The van der Waals surface area contributed by atoms with Crippen LogP contribution >= 0.6 is 9.24 Å². The van der Waals surface area contributed by atoms with Crippen molar-refractivity contribution in [3.63, 3.8) is 0 Å². The average molecular weight is 483 g/mol. The van der Waals surface area contributed by atoms with E-state index in [2.05, 4.69) is 30.0 Å². The molecule has 200 valence electrons. The SMILES string of the molecule is CCCCCCCCCCCCCCC(P)(CCC)CCCCCCCCCCCCCC. The summed E-state index contributed by atoms with van der Waals surface area (Å²) >= 11 is 0. The number of rotatable bonds is 28. The Hall–Kier alpha value is 0.430. The van der Waals surface area contributed by atoms with Crippen molar-refractivity contribution in [2.75, 3.05) is 0 Å². The first-order valence-corrected chi connectivity index (χ1v) is 16.5. The fourth-order valence-corrected chi connectivity index (χ4v) is 6.21. The lowest BCUT2D eigenvalue weighted by Gasteiger charge is -2.29.